The van der Waals surface area contributed by atoms with Gasteiger partial charge in [-0.05, 0) is 0 Å². The number of nitrogens with two attached hydrogens (primary N) is 1. The van der Waals surface area contributed by atoms with Crippen molar-refractivity contribution in [2.45, 2.75) is 25.8 Å². The van der Waals surface area contributed by atoms with Gasteiger partial charge >= 0.3 is 6.18 Å². The van der Waals surface area contributed by atoms with Crippen LogP contribution in [0.5, 0.6) is 0 Å². The first-order valence-electron chi connectivity index (χ1n) is 4.49. The zero-order chi connectivity index (χ0) is 13.2. The van der Waals surface area contributed by atoms with E-state index in [0.717, 1.165) is 0 Å². The second-order valence-corrected chi connectivity index (χ2v) is 3.18. The molecule has 0 amide bonds. The van der Waals surface area contributed by atoms with Crippen LogP contribution in [0.3, 0.4) is 0 Å². The smallest absolute Gasteiger partial charge is 0.392 e. The second kappa shape index (κ2) is 4.92. The molecule has 1 heterocycles. The van der Waals surface area contributed by atoms with Crippen molar-refractivity contribution in [2.75, 3.05) is 0 Å². The van der Waals surface area contributed by atoms with Crippen LogP contribution in [0.15, 0.2) is 6.20 Å². The number of rotatable bonds is 3. The van der Waals surface area contributed by atoms with Crippen molar-refractivity contribution in [3.8, 4) is 0 Å². The molecular weight excluding hydrogens is 247 g/mol. The van der Waals surface area contributed by atoms with Crippen LogP contribution in [-0.4, -0.2) is 10.1 Å². The van der Waals surface area contributed by atoms with Gasteiger partial charge < -0.3 is 10.8 Å². The standard InChI is InChI=1S/C9H9F5N2O/c10-8(11)7-5(1-15)6(9(12,13)14)4(3-17)2-16-7/h2,8,17H,1,3,15H2. The van der Waals surface area contributed by atoms with E-state index in [1.54, 1.807) is 0 Å². The Hall–Kier alpha value is -1.28. The Morgan fingerprint density at radius 3 is 2.29 bits per heavy atom. The highest BCUT2D eigenvalue weighted by atomic mass is 19.4. The molecule has 0 unspecified atom stereocenters. The van der Waals surface area contributed by atoms with Gasteiger partial charge in [-0.3, -0.25) is 4.98 Å². The minimum Gasteiger partial charge on any atom is -0.392 e. The molecular formula is C9H9F5N2O. The Bertz CT molecular complexity index is 405. The van der Waals surface area contributed by atoms with Gasteiger partial charge in [0.15, 0.2) is 0 Å². The number of alkyl halides is 5. The number of aromatic nitrogens is 1. The summed E-state index contributed by atoms with van der Waals surface area (Å²) in [5.41, 5.74) is 1.38. The van der Waals surface area contributed by atoms with Gasteiger partial charge in [-0.25, -0.2) is 8.78 Å². The third-order valence-electron chi connectivity index (χ3n) is 2.16. The van der Waals surface area contributed by atoms with Gasteiger partial charge in [0, 0.05) is 23.9 Å². The lowest BCUT2D eigenvalue weighted by Crippen LogP contribution is -2.19. The van der Waals surface area contributed by atoms with E-state index in [1.165, 1.54) is 0 Å². The largest absolute Gasteiger partial charge is 0.417 e. The van der Waals surface area contributed by atoms with Gasteiger partial charge in [0.25, 0.3) is 6.43 Å². The van der Waals surface area contributed by atoms with Crippen LogP contribution in [-0.2, 0) is 19.3 Å². The highest BCUT2D eigenvalue weighted by Gasteiger charge is 2.38. The fraction of sp³-hybridized carbons (Fsp3) is 0.444. The lowest BCUT2D eigenvalue weighted by atomic mass is 10.0. The van der Waals surface area contributed by atoms with Gasteiger partial charge in [-0.2, -0.15) is 13.2 Å². The summed E-state index contributed by atoms with van der Waals surface area (Å²) in [5, 5.41) is 8.76. The van der Waals surface area contributed by atoms with Gasteiger partial charge in [0.05, 0.1) is 12.2 Å². The molecule has 0 saturated heterocycles. The van der Waals surface area contributed by atoms with Gasteiger partial charge in [-0.15, -0.1) is 0 Å². The molecule has 8 heteroatoms. The van der Waals surface area contributed by atoms with Crippen LogP contribution in [0.1, 0.15) is 28.8 Å². The summed E-state index contributed by atoms with van der Waals surface area (Å²) in [4.78, 5) is 3.20. The first-order chi connectivity index (χ1) is 7.82. The molecule has 0 saturated carbocycles. The highest BCUT2D eigenvalue weighted by Crippen LogP contribution is 2.37. The maximum Gasteiger partial charge on any atom is 0.417 e. The number of halogens is 5. The minimum atomic E-state index is -4.86. The van der Waals surface area contributed by atoms with E-state index < -0.39 is 48.1 Å². The summed E-state index contributed by atoms with van der Waals surface area (Å²) in [6, 6.07) is 0. The van der Waals surface area contributed by atoms with Crippen molar-refractivity contribution in [3.05, 3.63) is 28.6 Å². The Morgan fingerprint density at radius 1 is 1.35 bits per heavy atom. The molecule has 1 rings (SSSR count). The van der Waals surface area contributed by atoms with Crippen LogP contribution >= 0.6 is 0 Å². The van der Waals surface area contributed by atoms with Crippen molar-refractivity contribution in [3.63, 3.8) is 0 Å². The predicted molar refractivity (Wildman–Crippen MR) is 48.0 cm³/mol. The van der Waals surface area contributed by atoms with Gasteiger partial charge in [0.1, 0.15) is 5.69 Å². The molecule has 0 radical (unpaired) electrons. The number of hydrogen-bond acceptors (Lipinski definition) is 3. The molecule has 0 fully saturated rings. The molecule has 0 aliphatic heterocycles. The number of aliphatic hydroxyl groups is 1. The zero-order valence-electron chi connectivity index (χ0n) is 8.43. The Morgan fingerprint density at radius 2 is 1.94 bits per heavy atom. The first kappa shape index (κ1) is 13.8. The van der Waals surface area contributed by atoms with E-state index in [1.807, 2.05) is 0 Å². The summed E-state index contributed by atoms with van der Waals surface area (Å²) >= 11 is 0. The SMILES string of the molecule is NCc1c(C(F)F)ncc(CO)c1C(F)(F)F. The number of pyridine rings is 1. The van der Waals surface area contributed by atoms with E-state index >= 15 is 0 Å². The monoisotopic (exact) mass is 256 g/mol. The molecule has 0 spiro atoms. The molecule has 0 bridgehead atoms. The van der Waals surface area contributed by atoms with Crippen LogP contribution in [0.2, 0.25) is 0 Å². The summed E-state index contributed by atoms with van der Waals surface area (Å²) in [5.74, 6) is 0. The normalized spacial score (nSPS) is 12.2. The van der Waals surface area contributed by atoms with Crippen molar-refractivity contribution < 1.29 is 27.1 Å². The third-order valence-corrected chi connectivity index (χ3v) is 2.16. The van der Waals surface area contributed by atoms with E-state index in [9.17, 15) is 22.0 Å². The van der Waals surface area contributed by atoms with Crippen LogP contribution in [0.4, 0.5) is 22.0 Å². The average Bonchev–Trinajstić information content (AvgIpc) is 2.25. The number of aliphatic hydroxyl groups excluding tert-OH is 1. The molecule has 0 aliphatic rings. The minimum absolute atomic E-state index is 0.567. The lowest BCUT2D eigenvalue weighted by molar-refractivity contribution is -0.139. The second-order valence-electron chi connectivity index (χ2n) is 3.18. The fourth-order valence-corrected chi connectivity index (χ4v) is 1.48. The molecule has 0 aliphatic carbocycles. The highest BCUT2D eigenvalue weighted by molar-refractivity contribution is 5.39. The van der Waals surface area contributed by atoms with Crippen LogP contribution < -0.4 is 5.73 Å². The third kappa shape index (κ3) is 2.70. The Balaban J connectivity index is 3.55. The van der Waals surface area contributed by atoms with Gasteiger partial charge in [0.2, 0.25) is 0 Å². The Labute approximate surface area is 93.1 Å². The van der Waals surface area contributed by atoms with E-state index in [-0.39, 0.29) is 0 Å². The Kier molecular flexibility index (Phi) is 3.99. The molecule has 1 aromatic rings. The molecule has 96 valence electrons. The van der Waals surface area contributed by atoms with E-state index in [4.69, 9.17) is 10.8 Å². The zero-order valence-corrected chi connectivity index (χ0v) is 8.43. The van der Waals surface area contributed by atoms with Crippen molar-refractivity contribution in [1.82, 2.24) is 4.98 Å². The maximum atomic E-state index is 12.7. The summed E-state index contributed by atoms with van der Waals surface area (Å²) in [6.45, 7) is -1.67. The number of hydrogen-bond donors (Lipinski definition) is 2. The topological polar surface area (TPSA) is 59.1 Å². The summed E-state index contributed by atoms with van der Waals surface area (Å²) in [6.07, 6.45) is -7.43. The first-order valence-corrected chi connectivity index (χ1v) is 4.49. The lowest BCUT2D eigenvalue weighted by Gasteiger charge is -2.17. The molecule has 3 N–H and O–H groups in total. The average molecular weight is 256 g/mol. The molecule has 17 heavy (non-hydrogen) atoms. The van der Waals surface area contributed by atoms with E-state index in [0.29, 0.717) is 6.20 Å². The van der Waals surface area contributed by atoms with Crippen molar-refractivity contribution >= 4 is 0 Å². The van der Waals surface area contributed by atoms with E-state index in [2.05, 4.69) is 4.98 Å². The fourth-order valence-electron chi connectivity index (χ4n) is 1.48. The molecule has 0 atom stereocenters. The predicted octanol–water partition coefficient (Wildman–Crippen LogP) is 1.99. The van der Waals surface area contributed by atoms with Crippen molar-refractivity contribution in [1.29, 1.82) is 0 Å². The quantitative estimate of drug-likeness (QED) is 0.813. The maximum absolute atomic E-state index is 12.7. The summed E-state index contributed by atoms with van der Waals surface area (Å²) < 4.78 is 63.0. The van der Waals surface area contributed by atoms with Crippen LogP contribution in [0, 0.1) is 0 Å². The van der Waals surface area contributed by atoms with Gasteiger partial charge in [-0.1, -0.05) is 0 Å². The van der Waals surface area contributed by atoms with Crippen molar-refractivity contribution in [2.24, 2.45) is 5.73 Å². The summed E-state index contributed by atoms with van der Waals surface area (Å²) in [7, 11) is 0. The number of nitrogens with zero attached hydrogens (tertiary/aromatic N) is 1. The van der Waals surface area contributed by atoms with Crippen LogP contribution in [0.25, 0.3) is 0 Å². The molecule has 0 aromatic carbocycles. The molecule has 1 aromatic heterocycles. The molecule has 3 nitrogen and oxygen atoms in total.